The molecule has 0 saturated carbocycles. The number of ether oxygens (including phenoxy) is 1. The van der Waals surface area contributed by atoms with Gasteiger partial charge in [0.25, 0.3) is 0 Å². The minimum atomic E-state index is -4.38. The molecule has 0 aromatic heterocycles. The molecule has 1 atom stereocenters. The van der Waals surface area contributed by atoms with Crippen LogP contribution in [-0.2, 0) is 11.3 Å². The van der Waals surface area contributed by atoms with Gasteiger partial charge in [-0.05, 0) is 37.9 Å². The molecule has 1 aliphatic rings. The number of rotatable bonds is 7. The summed E-state index contributed by atoms with van der Waals surface area (Å²) in [5.74, 6) is 0.579. The molecule has 1 aliphatic heterocycles. The predicted octanol–water partition coefficient (Wildman–Crippen LogP) is 2.63. The lowest BCUT2D eigenvalue weighted by atomic mass is 10.0. The van der Waals surface area contributed by atoms with Crippen LogP contribution in [0.25, 0.3) is 0 Å². The number of hydrogen-bond donors (Lipinski definition) is 2. The van der Waals surface area contributed by atoms with Gasteiger partial charge >= 0.3 is 6.18 Å². The van der Waals surface area contributed by atoms with Gasteiger partial charge < -0.3 is 15.4 Å². The number of benzene rings is 1. The van der Waals surface area contributed by atoms with Crippen molar-refractivity contribution in [3.8, 4) is 5.75 Å². The van der Waals surface area contributed by atoms with Gasteiger partial charge in [0.05, 0.1) is 0 Å². The number of halogens is 3. The molecule has 1 saturated heterocycles. The van der Waals surface area contributed by atoms with Gasteiger partial charge in [-0.3, -0.25) is 4.79 Å². The Morgan fingerprint density at radius 2 is 2.13 bits per heavy atom. The SMILES string of the molecule is O=C(CCC1CCNC1)NCc1ccccc1OCC(F)(F)F. The van der Waals surface area contributed by atoms with Crippen LogP contribution in [-0.4, -0.2) is 31.8 Å². The highest BCUT2D eigenvalue weighted by atomic mass is 19.4. The van der Waals surface area contributed by atoms with E-state index < -0.39 is 12.8 Å². The summed E-state index contributed by atoms with van der Waals surface area (Å²) in [6.45, 7) is 0.764. The fourth-order valence-corrected chi connectivity index (χ4v) is 2.53. The number of nitrogens with one attached hydrogen (secondary N) is 2. The predicted molar refractivity (Wildman–Crippen MR) is 80.0 cm³/mol. The molecule has 1 fully saturated rings. The van der Waals surface area contributed by atoms with Crippen molar-refractivity contribution < 1.29 is 22.7 Å². The third-order valence-corrected chi connectivity index (χ3v) is 3.78. The van der Waals surface area contributed by atoms with E-state index in [1.54, 1.807) is 18.2 Å². The molecular formula is C16H21F3N2O2. The highest BCUT2D eigenvalue weighted by molar-refractivity contribution is 5.75. The zero-order valence-corrected chi connectivity index (χ0v) is 12.8. The number of para-hydroxylation sites is 1. The summed E-state index contributed by atoms with van der Waals surface area (Å²) in [5.41, 5.74) is 0.535. The summed E-state index contributed by atoms with van der Waals surface area (Å²) in [6.07, 6.45) is -2.05. The van der Waals surface area contributed by atoms with Crippen molar-refractivity contribution in [2.75, 3.05) is 19.7 Å². The van der Waals surface area contributed by atoms with Crippen molar-refractivity contribution in [1.29, 1.82) is 0 Å². The molecule has 2 N–H and O–H groups in total. The van der Waals surface area contributed by atoms with Crippen molar-refractivity contribution in [2.45, 2.75) is 32.0 Å². The molecule has 0 bridgehead atoms. The maximum absolute atomic E-state index is 12.2. The maximum atomic E-state index is 12.2. The van der Waals surface area contributed by atoms with Crippen LogP contribution < -0.4 is 15.4 Å². The van der Waals surface area contributed by atoms with E-state index in [0.29, 0.717) is 17.9 Å². The Morgan fingerprint density at radius 3 is 2.83 bits per heavy atom. The minimum Gasteiger partial charge on any atom is -0.484 e. The second kappa shape index (κ2) is 8.19. The molecule has 1 heterocycles. The average molecular weight is 330 g/mol. The van der Waals surface area contributed by atoms with Gasteiger partial charge in [0.1, 0.15) is 5.75 Å². The minimum absolute atomic E-state index is 0.0949. The molecule has 1 unspecified atom stereocenters. The molecule has 7 heteroatoms. The van der Waals surface area contributed by atoms with E-state index in [4.69, 9.17) is 4.74 Å². The largest absolute Gasteiger partial charge is 0.484 e. The molecule has 2 rings (SSSR count). The van der Waals surface area contributed by atoms with Crippen LogP contribution in [0.15, 0.2) is 24.3 Å². The van der Waals surface area contributed by atoms with Crippen LogP contribution >= 0.6 is 0 Å². The van der Waals surface area contributed by atoms with Crippen molar-refractivity contribution in [3.05, 3.63) is 29.8 Å². The molecule has 23 heavy (non-hydrogen) atoms. The van der Waals surface area contributed by atoms with E-state index in [1.807, 2.05) is 0 Å². The second-order valence-electron chi connectivity index (χ2n) is 5.69. The molecule has 4 nitrogen and oxygen atoms in total. The van der Waals surface area contributed by atoms with Crippen LogP contribution in [0, 0.1) is 5.92 Å². The fraction of sp³-hybridized carbons (Fsp3) is 0.562. The number of alkyl halides is 3. The third-order valence-electron chi connectivity index (χ3n) is 3.78. The Kier molecular flexibility index (Phi) is 6.27. The van der Waals surface area contributed by atoms with Crippen molar-refractivity contribution in [1.82, 2.24) is 10.6 Å². The van der Waals surface area contributed by atoms with Crippen LogP contribution in [0.3, 0.4) is 0 Å². The van der Waals surface area contributed by atoms with Gasteiger partial charge in [0.15, 0.2) is 6.61 Å². The molecule has 128 valence electrons. The zero-order valence-electron chi connectivity index (χ0n) is 12.8. The average Bonchev–Trinajstić information content (AvgIpc) is 3.02. The second-order valence-corrected chi connectivity index (χ2v) is 5.69. The Balaban J connectivity index is 1.78. The molecule has 1 aromatic carbocycles. The highest BCUT2D eigenvalue weighted by Gasteiger charge is 2.28. The molecule has 1 aromatic rings. The van der Waals surface area contributed by atoms with Gasteiger partial charge in [0.2, 0.25) is 5.91 Å². The number of carbonyl (C=O) groups is 1. The normalized spacial score (nSPS) is 18.0. The van der Waals surface area contributed by atoms with Gasteiger partial charge in [-0.2, -0.15) is 13.2 Å². The zero-order chi connectivity index (χ0) is 16.7. The molecule has 1 amide bonds. The lowest BCUT2D eigenvalue weighted by molar-refractivity contribution is -0.153. The summed E-state index contributed by atoms with van der Waals surface area (Å²) in [5, 5.41) is 5.99. The van der Waals surface area contributed by atoms with Gasteiger partial charge in [-0.25, -0.2) is 0 Å². The van der Waals surface area contributed by atoms with Gasteiger partial charge in [-0.15, -0.1) is 0 Å². The van der Waals surface area contributed by atoms with E-state index in [2.05, 4.69) is 10.6 Å². The van der Waals surface area contributed by atoms with Crippen LogP contribution in [0.2, 0.25) is 0 Å². The van der Waals surface area contributed by atoms with Crippen LogP contribution in [0.5, 0.6) is 5.75 Å². The number of amides is 1. The molecular weight excluding hydrogens is 309 g/mol. The lowest BCUT2D eigenvalue weighted by Crippen LogP contribution is -2.24. The van der Waals surface area contributed by atoms with Gasteiger partial charge in [-0.1, -0.05) is 18.2 Å². The number of hydrogen-bond acceptors (Lipinski definition) is 3. The van der Waals surface area contributed by atoms with E-state index in [1.165, 1.54) is 6.07 Å². The van der Waals surface area contributed by atoms with E-state index in [0.717, 1.165) is 25.9 Å². The Morgan fingerprint density at radius 1 is 1.35 bits per heavy atom. The summed E-state index contributed by atoms with van der Waals surface area (Å²) < 4.78 is 41.5. The maximum Gasteiger partial charge on any atom is 0.422 e. The first-order valence-electron chi connectivity index (χ1n) is 7.69. The molecule has 0 spiro atoms. The molecule has 0 aliphatic carbocycles. The van der Waals surface area contributed by atoms with Crippen LogP contribution in [0.4, 0.5) is 13.2 Å². The summed E-state index contributed by atoms with van der Waals surface area (Å²) in [6, 6.07) is 6.42. The summed E-state index contributed by atoms with van der Waals surface area (Å²) >= 11 is 0. The van der Waals surface area contributed by atoms with Gasteiger partial charge in [0, 0.05) is 18.5 Å². The van der Waals surface area contributed by atoms with E-state index in [9.17, 15) is 18.0 Å². The van der Waals surface area contributed by atoms with E-state index in [-0.39, 0.29) is 18.2 Å². The first-order valence-corrected chi connectivity index (χ1v) is 7.69. The first kappa shape index (κ1) is 17.6. The first-order chi connectivity index (χ1) is 10.9. The smallest absolute Gasteiger partial charge is 0.422 e. The van der Waals surface area contributed by atoms with Crippen molar-refractivity contribution >= 4 is 5.91 Å². The summed E-state index contributed by atoms with van der Waals surface area (Å²) in [7, 11) is 0. The Hall–Kier alpha value is -1.76. The Labute approximate surface area is 133 Å². The fourth-order valence-electron chi connectivity index (χ4n) is 2.53. The van der Waals surface area contributed by atoms with Crippen molar-refractivity contribution in [3.63, 3.8) is 0 Å². The Bertz CT molecular complexity index is 514. The van der Waals surface area contributed by atoms with Crippen LogP contribution in [0.1, 0.15) is 24.8 Å². The quantitative estimate of drug-likeness (QED) is 0.808. The van der Waals surface area contributed by atoms with Crippen molar-refractivity contribution in [2.24, 2.45) is 5.92 Å². The standard InChI is InChI=1S/C16H21F3N2O2/c17-16(18,19)11-23-14-4-2-1-3-13(14)10-21-15(22)6-5-12-7-8-20-9-12/h1-4,12,20H,5-11H2,(H,21,22). The van der Waals surface area contributed by atoms with E-state index >= 15 is 0 Å². The number of carbonyl (C=O) groups excluding carboxylic acids is 1. The topological polar surface area (TPSA) is 50.4 Å². The summed E-state index contributed by atoms with van der Waals surface area (Å²) in [4.78, 5) is 11.8. The monoisotopic (exact) mass is 330 g/mol. The lowest BCUT2D eigenvalue weighted by Gasteiger charge is -2.14. The molecule has 0 radical (unpaired) electrons. The third kappa shape index (κ3) is 6.48. The highest BCUT2D eigenvalue weighted by Crippen LogP contribution is 2.22.